The van der Waals surface area contributed by atoms with Crippen LogP contribution in [0.25, 0.3) is 0 Å². The molecule has 8 nitrogen and oxygen atoms in total. The molecule has 0 unspecified atom stereocenters. The number of ether oxygens (including phenoxy) is 4. The van der Waals surface area contributed by atoms with Gasteiger partial charge in [-0.25, -0.2) is 9.59 Å². The third-order valence-corrected chi connectivity index (χ3v) is 9.25. The van der Waals surface area contributed by atoms with Crippen LogP contribution < -0.4 is 9.47 Å². The highest BCUT2D eigenvalue weighted by Crippen LogP contribution is 2.35. The highest BCUT2D eigenvalue weighted by Gasteiger charge is 2.30. The molecule has 0 N–H and O–H groups in total. The van der Waals surface area contributed by atoms with E-state index in [1.165, 1.54) is 69.6 Å². The van der Waals surface area contributed by atoms with Crippen LogP contribution in [0.2, 0.25) is 0 Å². The average molecular weight is 630 g/mol. The standard InChI is InChI=1S/C37H54O8/c1-4-7-9-12-27-14-18-29(19-15-27)35(39)44-31-22-23-33(32(26-31)37(41)43-25-11-24-42-34(38)6-3)45-36(40)30-20-16-28(17-21-30)13-10-8-5-2/h6,22-23,26-30H,3-5,7-21,24-25H2,1-2H3/i3D2,6D. The second-order valence-electron chi connectivity index (χ2n) is 12.7. The van der Waals surface area contributed by atoms with Crippen molar-refractivity contribution >= 4 is 23.9 Å². The van der Waals surface area contributed by atoms with E-state index in [0.717, 1.165) is 51.4 Å². The molecule has 0 spiro atoms. The maximum atomic E-state index is 13.2. The summed E-state index contributed by atoms with van der Waals surface area (Å²) in [5, 5.41) is 0. The van der Waals surface area contributed by atoms with Crippen LogP contribution in [-0.2, 0) is 23.9 Å². The summed E-state index contributed by atoms with van der Waals surface area (Å²) in [7, 11) is 0. The lowest BCUT2D eigenvalue weighted by molar-refractivity contribution is -0.141. The van der Waals surface area contributed by atoms with E-state index < -0.39 is 30.5 Å². The molecule has 8 heteroatoms. The van der Waals surface area contributed by atoms with E-state index in [2.05, 4.69) is 13.8 Å². The third-order valence-electron chi connectivity index (χ3n) is 9.25. The normalized spacial score (nSPS) is 22.2. The summed E-state index contributed by atoms with van der Waals surface area (Å²) >= 11 is 0. The van der Waals surface area contributed by atoms with Crippen LogP contribution in [-0.4, -0.2) is 37.1 Å². The van der Waals surface area contributed by atoms with Crippen LogP contribution >= 0.6 is 0 Å². The second-order valence-corrected chi connectivity index (χ2v) is 12.7. The topological polar surface area (TPSA) is 105 Å². The summed E-state index contributed by atoms with van der Waals surface area (Å²) in [5.41, 5.74) is -0.0528. The summed E-state index contributed by atoms with van der Waals surface area (Å²) in [6.07, 6.45) is 16.7. The van der Waals surface area contributed by atoms with Gasteiger partial charge in [0.1, 0.15) is 17.1 Å². The number of hydrogen-bond acceptors (Lipinski definition) is 8. The van der Waals surface area contributed by atoms with Crippen molar-refractivity contribution in [2.75, 3.05) is 13.2 Å². The van der Waals surface area contributed by atoms with Gasteiger partial charge in [-0.05, 0) is 81.4 Å². The molecule has 0 atom stereocenters. The molecule has 250 valence electrons. The molecule has 1 aromatic rings. The minimum Gasteiger partial charge on any atom is -0.462 e. The quantitative estimate of drug-likeness (QED) is 0.0688. The Morgan fingerprint density at radius 1 is 0.778 bits per heavy atom. The Labute approximate surface area is 273 Å². The van der Waals surface area contributed by atoms with Crippen molar-refractivity contribution < 1.29 is 42.2 Å². The molecule has 2 saturated carbocycles. The Morgan fingerprint density at radius 2 is 1.33 bits per heavy atom. The maximum absolute atomic E-state index is 13.2. The van der Waals surface area contributed by atoms with Gasteiger partial charge >= 0.3 is 23.9 Å². The van der Waals surface area contributed by atoms with Gasteiger partial charge in [-0.2, -0.15) is 0 Å². The van der Waals surface area contributed by atoms with Crippen LogP contribution in [0.5, 0.6) is 11.5 Å². The Morgan fingerprint density at radius 3 is 1.89 bits per heavy atom. The second kappa shape index (κ2) is 20.1. The van der Waals surface area contributed by atoms with Gasteiger partial charge in [-0.1, -0.05) is 71.7 Å². The first-order valence-corrected chi connectivity index (χ1v) is 17.2. The highest BCUT2D eigenvalue weighted by atomic mass is 16.6. The zero-order chi connectivity index (χ0) is 34.9. The Kier molecular flexibility index (Phi) is 14.2. The summed E-state index contributed by atoms with van der Waals surface area (Å²) in [5.74, 6) is -1.65. The van der Waals surface area contributed by atoms with Gasteiger partial charge in [0.05, 0.1) is 29.2 Å². The summed E-state index contributed by atoms with van der Waals surface area (Å²) < 4.78 is 43.1. The van der Waals surface area contributed by atoms with E-state index in [9.17, 15) is 19.2 Å². The molecule has 0 amide bonds. The van der Waals surface area contributed by atoms with Gasteiger partial charge in [0.15, 0.2) is 0 Å². The van der Waals surface area contributed by atoms with Gasteiger partial charge in [-0.15, -0.1) is 0 Å². The van der Waals surface area contributed by atoms with E-state index in [4.69, 9.17) is 23.1 Å². The van der Waals surface area contributed by atoms with Crippen molar-refractivity contribution in [3.8, 4) is 11.5 Å². The molecule has 0 aromatic heterocycles. The molecule has 0 radical (unpaired) electrons. The SMILES string of the molecule is [2H]C([2H])=C([2H])C(=O)OCCCOC(=O)c1cc(OC(=O)C2CCC(CCCCC)CC2)ccc1OC(=O)C1CCC(CCCCC)CC1. The Bertz CT molecular complexity index is 1230. The first-order valence-electron chi connectivity index (χ1n) is 18.7. The molecule has 0 heterocycles. The first-order chi connectivity index (χ1) is 23.1. The molecule has 0 aliphatic heterocycles. The Balaban J connectivity index is 1.62. The monoisotopic (exact) mass is 629 g/mol. The summed E-state index contributed by atoms with van der Waals surface area (Å²) in [4.78, 5) is 51.2. The lowest BCUT2D eigenvalue weighted by Crippen LogP contribution is -2.27. The predicted molar refractivity (Wildman–Crippen MR) is 173 cm³/mol. The van der Waals surface area contributed by atoms with Crippen molar-refractivity contribution in [1.82, 2.24) is 0 Å². The minimum atomic E-state index is -1.11. The molecule has 1 aromatic carbocycles. The number of unbranched alkanes of at least 4 members (excludes halogenated alkanes) is 4. The molecule has 3 rings (SSSR count). The zero-order valence-electron chi connectivity index (χ0n) is 30.2. The molecule has 0 saturated heterocycles. The van der Waals surface area contributed by atoms with Crippen molar-refractivity contribution in [2.24, 2.45) is 23.7 Å². The average Bonchev–Trinajstić information content (AvgIpc) is 3.08. The maximum Gasteiger partial charge on any atom is 0.342 e. The minimum absolute atomic E-state index is 0.0243. The number of esters is 4. The van der Waals surface area contributed by atoms with Crippen LogP contribution in [0, 0.1) is 23.7 Å². The first kappa shape index (κ1) is 31.8. The van der Waals surface area contributed by atoms with E-state index in [-0.39, 0.29) is 54.5 Å². The highest BCUT2D eigenvalue weighted by molar-refractivity contribution is 5.94. The molecule has 45 heavy (non-hydrogen) atoms. The van der Waals surface area contributed by atoms with Gasteiger partial charge in [-0.3, -0.25) is 9.59 Å². The molecule has 0 bridgehead atoms. The van der Waals surface area contributed by atoms with Gasteiger partial charge in [0.25, 0.3) is 0 Å². The number of benzene rings is 1. The molecule has 2 fully saturated rings. The molecule has 2 aliphatic rings. The number of rotatable bonds is 18. The van der Waals surface area contributed by atoms with E-state index in [1.54, 1.807) is 0 Å². The smallest absolute Gasteiger partial charge is 0.342 e. The fourth-order valence-electron chi connectivity index (χ4n) is 6.45. The summed E-state index contributed by atoms with van der Waals surface area (Å²) in [6, 6.07) is 3.48. The zero-order valence-corrected chi connectivity index (χ0v) is 27.2. The fraction of sp³-hybridized carbons (Fsp3) is 0.676. The van der Waals surface area contributed by atoms with Crippen molar-refractivity contribution in [1.29, 1.82) is 0 Å². The van der Waals surface area contributed by atoms with E-state index >= 15 is 0 Å². The third kappa shape index (κ3) is 12.6. The fourth-order valence-corrected chi connectivity index (χ4v) is 6.45. The molecular formula is C37H54O8. The van der Waals surface area contributed by atoms with Gasteiger partial charge in [0.2, 0.25) is 0 Å². The van der Waals surface area contributed by atoms with Crippen LogP contribution in [0.15, 0.2) is 30.8 Å². The van der Waals surface area contributed by atoms with Crippen LogP contribution in [0.4, 0.5) is 0 Å². The lowest BCUT2D eigenvalue weighted by atomic mass is 9.80. The van der Waals surface area contributed by atoms with E-state index in [1.807, 2.05) is 0 Å². The molecule has 2 aliphatic carbocycles. The van der Waals surface area contributed by atoms with Crippen molar-refractivity contribution in [3.05, 3.63) is 36.3 Å². The van der Waals surface area contributed by atoms with Gasteiger partial charge < -0.3 is 18.9 Å². The van der Waals surface area contributed by atoms with Crippen LogP contribution in [0.3, 0.4) is 0 Å². The van der Waals surface area contributed by atoms with Crippen molar-refractivity contribution in [3.63, 3.8) is 0 Å². The van der Waals surface area contributed by atoms with Gasteiger partial charge in [0, 0.05) is 12.5 Å². The molecular weight excluding hydrogens is 572 g/mol. The number of carbonyl (C=O) groups is 4. The summed E-state index contributed by atoms with van der Waals surface area (Å²) in [6.45, 7) is 3.08. The van der Waals surface area contributed by atoms with E-state index in [0.29, 0.717) is 11.8 Å². The Hall–Kier alpha value is -3.16. The number of hydrogen-bond donors (Lipinski definition) is 0. The van der Waals surface area contributed by atoms with Crippen molar-refractivity contribution in [2.45, 2.75) is 123 Å². The van der Waals surface area contributed by atoms with Crippen LogP contribution in [0.1, 0.15) is 137 Å². The lowest BCUT2D eigenvalue weighted by Gasteiger charge is -2.27. The predicted octanol–water partition coefficient (Wildman–Crippen LogP) is 8.55. The largest absolute Gasteiger partial charge is 0.462 e. The number of carbonyl (C=O) groups excluding carboxylic acids is 4.